The van der Waals surface area contributed by atoms with Gasteiger partial charge in [0.15, 0.2) is 0 Å². The number of likely N-dealkylation sites (N-methyl/N-ethyl adjacent to an activating group) is 1. The molecule has 0 unspecified atom stereocenters. The first-order chi connectivity index (χ1) is 15.8. The molecule has 0 aliphatic carbocycles. The highest BCUT2D eigenvalue weighted by Gasteiger charge is 2.39. The predicted molar refractivity (Wildman–Crippen MR) is 126 cm³/mol. The number of piperazine rings is 1. The van der Waals surface area contributed by atoms with Gasteiger partial charge in [0.25, 0.3) is 0 Å². The van der Waals surface area contributed by atoms with Crippen LogP contribution in [0.5, 0.6) is 0 Å². The molecule has 1 aromatic carbocycles. The van der Waals surface area contributed by atoms with Crippen LogP contribution >= 0.6 is 0 Å². The minimum atomic E-state index is -0.572. The van der Waals surface area contributed by atoms with Crippen molar-refractivity contribution in [3.8, 4) is 0 Å². The number of nitrogens with zero attached hydrogens (tertiary/aromatic N) is 3. The van der Waals surface area contributed by atoms with Crippen LogP contribution in [0.3, 0.4) is 0 Å². The van der Waals surface area contributed by atoms with Gasteiger partial charge < -0.3 is 15.0 Å². The van der Waals surface area contributed by atoms with Crippen LogP contribution in [0, 0.1) is 5.92 Å². The highest BCUT2D eigenvalue weighted by molar-refractivity contribution is 5.95. The lowest BCUT2D eigenvalue weighted by molar-refractivity contribution is -0.139. The Balaban J connectivity index is 1.95. The molecule has 0 saturated carbocycles. The molecule has 2 aliphatic heterocycles. The number of amides is 3. The fraction of sp³-hybridized carbons (Fsp3) is 0.560. The van der Waals surface area contributed by atoms with E-state index in [0.29, 0.717) is 44.0 Å². The molecule has 1 saturated heterocycles. The number of esters is 1. The minimum absolute atomic E-state index is 0.0404. The molecule has 3 rings (SSSR count). The van der Waals surface area contributed by atoms with E-state index in [1.54, 1.807) is 11.8 Å². The molecule has 1 fully saturated rings. The van der Waals surface area contributed by atoms with Gasteiger partial charge in [-0.3, -0.25) is 14.6 Å². The molecule has 180 valence electrons. The van der Waals surface area contributed by atoms with Gasteiger partial charge in [0, 0.05) is 50.4 Å². The first-order valence-corrected chi connectivity index (χ1v) is 11.8. The number of carbonyl (C=O) groups is 3. The Hall–Kier alpha value is -2.87. The first-order valence-electron chi connectivity index (χ1n) is 11.8. The van der Waals surface area contributed by atoms with E-state index in [1.165, 1.54) is 0 Å². The molecule has 0 aromatic heterocycles. The van der Waals surface area contributed by atoms with E-state index in [4.69, 9.17) is 4.74 Å². The summed E-state index contributed by atoms with van der Waals surface area (Å²) in [5.74, 6) is -0.298. The molecular formula is C25H36N4O4. The Morgan fingerprint density at radius 2 is 1.85 bits per heavy atom. The maximum atomic E-state index is 13.2. The maximum Gasteiger partial charge on any atom is 0.338 e. The van der Waals surface area contributed by atoms with E-state index in [-0.39, 0.29) is 30.5 Å². The van der Waals surface area contributed by atoms with E-state index in [0.717, 1.165) is 5.56 Å². The number of rotatable bonds is 7. The molecular weight excluding hydrogens is 420 g/mol. The van der Waals surface area contributed by atoms with E-state index in [2.05, 4.69) is 10.2 Å². The summed E-state index contributed by atoms with van der Waals surface area (Å²) >= 11 is 0. The van der Waals surface area contributed by atoms with Crippen LogP contribution in [-0.4, -0.2) is 78.0 Å². The molecule has 0 bridgehead atoms. The fourth-order valence-corrected chi connectivity index (χ4v) is 4.60. The smallest absolute Gasteiger partial charge is 0.338 e. The highest BCUT2D eigenvalue weighted by atomic mass is 16.5. The number of hydrogen-bond acceptors (Lipinski definition) is 5. The Morgan fingerprint density at radius 1 is 1.15 bits per heavy atom. The van der Waals surface area contributed by atoms with Gasteiger partial charge in [-0.1, -0.05) is 44.2 Å². The van der Waals surface area contributed by atoms with Gasteiger partial charge in [-0.15, -0.1) is 0 Å². The van der Waals surface area contributed by atoms with Crippen LogP contribution in [0.15, 0.2) is 41.6 Å². The zero-order valence-electron chi connectivity index (χ0n) is 20.3. The monoisotopic (exact) mass is 456 g/mol. The van der Waals surface area contributed by atoms with Crippen molar-refractivity contribution in [2.45, 2.75) is 46.7 Å². The molecule has 2 aliphatic rings. The van der Waals surface area contributed by atoms with Gasteiger partial charge >= 0.3 is 12.0 Å². The summed E-state index contributed by atoms with van der Waals surface area (Å²) < 4.78 is 5.43. The number of nitrogens with one attached hydrogen (secondary N) is 1. The number of carbonyl (C=O) groups excluding carboxylic acids is 3. The van der Waals surface area contributed by atoms with Crippen LogP contribution in [0.1, 0.15) is 46.2 Å². The molecule has 2 atom stereocenters. The molecule has 8 heteroatoms. The number of urea groups is 1. The Morgan fingerprint density at radius 3 is 2.42 bits per heavy atom. The number of benzene rings is 1. The lowest BCUT2D eigenvalue weighted by Crippen LogP contribution is -2.57. The summed E-state index contributed by atoms with van der Waals surface area (Å²) in [6.07, 6.45) is 0. The Labute approximate surface area is 196 Å². The van der Waals surface area contributed by atoms with Crippen LogP contribution in [0.4, 0.5) is 4.79 Å². The fourth-order valence-electron chi connectivity index (χ4n) is 4.60. The van der Waals surface area contributed by atoms with Crippen LogP contribution in [0.25, 0.3) is 0 Å². The Kier molecular flexibility index (Phi) is 8.13. The molecule has 3 amide bonds. The topological polar surface area (TPSA) is 82.2 Å². The molecule has 33 heavy (non-hydrogen) atoms. The average molecular weight is 457 g/mol. The summed E-state index contributed by atoms with van der Waals surface area (Å²) in [5, 5.41) is 2.99. The largest absolute Gasteiger partial charge is 0.463 e. The highest BCUT2D eigenvalue weighted by Crippen LogP contribution is 2.32. The second kappa shape index (κ2) is 10.8. The maximum absolute atomic E-state index is 13.2. The van der Waals surface area contributed by atoms with Crippen molar-refractivity contribution in [1.82, 2.24) is 20.0 Å². The normalized spacial score (nSPS) is 21.9. The third-order valence-corrected chi connectivity index (χ3v) is 6.24. The average Bonchev–Trinajstić information content (AvgIpc) is 2.79. The van der Waals surface area contributed by atoms with Gasteiger partial charge in [-0.25, -0.2) is 9.59 Å². The molecule has 2 heterocycles. The van der Waals surface area contributed by atoms with Crippen LogP contribution in [0.2, 0.25) is 0 Å². The molecule has 0 spiro atoms. The minimum Gasteiger partial charge on any atom is -0.463 e. The van der Waals surface area contributed by atoms with Gasteiger partial charge in [0.2, 0.25) is 5.91 Å². The van der Waals surface area contributed by atoms with Crippen LogP contribution < -0.4 is 5.32 Å². The SMILES string of the molecule is CCOC(=O)C1=C(CN2CCN(C(=O)C(C)C)[C@H](C)C2)N(CC)C(=O)N[C@H]1c1ccccc1. The van der Waals surface area contributed by atoms with E-state index in [1.807, 2.05) is 62.9 Å². The van der Waals surface area contributed by atoms with Gasteiger partial charge in [-0.2, -0.15) is 0 Å². The third-order valence-electron chi connectivity index (χ3n) is 6.24. The van der Waals surface area contributed by atoms with E-state index in [9.17, 15) is 14.4 Å². The number of ether oxygens (including phenoxy) is 1. The lowest BCUT2D eigenvalue weighted by Gasteiger charge is -2.43. The molecule has 0 radical (unpaired) electrons. The lowest BCUT2D eigenvalue weighted by atomic mass is 9.94. The van der Waals surface area contributed by atoms with Crippen molar-refractivity contribution in [3.05, 3.63) is 47.2 Å². The zero-order chi connectivity index (χ0) is 24.1. The van der Waals surface area contributed by atoms with Crippen molar-refractivity contribution in [1.29, 1.82) is 0 Å². The molecule has 1 N–H and O–H groups in total. The third kappa shape index (κ3) is 5.38. The van der Waals surface area contributed by atoms with Crippen LogP contribution in [-0.2, 0) is 14.3 Å². The second-order valence-corrected chi connectivity index (χ2v) is 8.89. The van der Waals surface area contributed by atoms with E-state index < -0.39 is 12.0 Å². The van der Waals surface area contributed by atoms with Crippen molar-refractivity contribution >= 4 is 17.9 Å². The van der Waals surface area contributed by atoms with Crippen molar-refractivity contribution in [2.75, 3.05) is 39.3 Å². The van der Waals surface area contributed by atoms with Gasteiger partial charge in [-0.05, 0) is 26.3 Å². The second-order valence-electron chi connectivity index (χ2n) is 8.89. The quantitative estimate of drug-likeness (QED) is 0.638. The van der Waals surface area contributed by atoms with Crippen molar-refractivity contribution in [2.24, 2.45) is 5.92 Å². The summed E-state index contributed by atoms with van der Waals surface area (Å²) in [4.78, 5) is 44.5. The zero-order valence-corrected chi connectivity index (χ0v) is 20.3. The van der Waals surface area contributed by atoms with Gasteiger partial charge in [0.1, 0.15) is 0 Å². The van der Waals surface area contributed by atoms with Crippen molar-refractivity contribution < 1.29 is 19.1 Å². The molecule has 1 aromatic rings. The van der Waals surface area contributed by atoms with E-state index >= 15 is 0 Å². The summed E-state index contributed by atoms with van der Waals surface area (Å²) in [6, 6.07) is 8.75. The summed E-state index contributed by atoms with van der Waals surface area (Å²) in [6.45, 7) is 12.7. The summed E-state index contributed by atoms with van der Waals surface area (Å²) in [7, 11) is 0. The first kappa shape index (κ1) is 24.8. The Bertz CT molecular complexity index is 899. The molecule has 8 nitrogen and oxygen atoms in total. The summed E-state index contributed by atoms with van der Waals surface area (Å²) in [5.41, 5.74) is 1.98. The standard InChI is InChI=1S/C25H36N4O4/c1-6-28-20(16-27-13-14-29(18(5)15-27)23(30)17(3)4)21(24(31)33-7-2)22(26-25(28)32)19-11-9-8-10-12-19/h8-12,17-18,22H,6-7,13-16H2,1-5H3,(H,26,32)/t18-,22+/m1/s1. The van der Waals surface area contributed by atoms with Crippen molar-refractivity contribution in [3.63, 3.8) is 0 Å². The predicted octanol–water partition coefficient (Wildman–Crippen LogP) is 2.78. The number of hydrogen-bond donors (Lipinski definition) is 1. The van der Waals surface area contributed by atoms with Gasteiger partial charge in [0.05, 0.1) is 18.2 Å².